The number of pyridine rings is 1. The second-order valence-electron chi connectivity index (χ2n) is 7.24. The number of aromatic amines is 1. The van der Waals surface area contributed by atoms with Gasteiger partial charge in [-0.2, -0.15) is 0 Å². The number of hydrogen-bond donors (Lipinski definition) is 2. The standard InChI is InChI=1S/C25H28N2O4/c1-3-30-12-13-31-17-20-8-5-7-19(15-20)16-26-24(28)22-10-11-23(27-25(22)29)21-9-4-6-18(2)14-21/h4-11,14-15H,3,12-13,16-17H2,1-2H3,(H,26,28)(H,27,29). The number of carbonyl (C=O) groups is 1. The third kappa shape index (κ3) is 6.64. The second kappa shape index (κ2) is 11.2. The smallest absolute Gasteiger partial charge is 0.261 e. The van der Waals surface area contributed by atoms with Crippen molar-refractivity contribution in [3.8, 4) is 11.3 Å². The highest BCUT2D eigenvalue weighted by atomic mass is 16.5. The number of H-pyrrole nitrogens is 1. The summed E-state index contributed by atoms with van der Waals surface area (Å²) in [6, 6.07) is 18.9. The largest absolute Gasteiger partial charge is 0.379 e. The van der Waals surface area contributed by atoms with Crippen LogP contribution in [0.3, 0.4) is 0 Å². The van der Waals surface area contributed by atoms with Crippen LogP contribution in [0.2, 0.25) is 0 Å². The molecule has 1 aromatic heterocycles. The Morgan fingerprint density at radius 1 is 0.968 bits per heavy atom. The number of hydrogen-bond acceptors (Lipinski definition) is 4. The molecule has 6 heteroatoms. The molecule has 1 amide bonds. The molecule has 2 aromatic carbocycles. The molecule has 0 atom stereocenters. The molecular weight excluding hydrogens is 392 g/mol. The average Bonchev–Trinajstić information content (AvgIpc) is 2.77. The van der Waals surface area contributed by atoms with Crippen LogP contribution in [0.5, 0.6) is 0 Å². The van der Waals surface area contributed by atoms with E-state index in [0.29, 0.717) is 38.7 Å². The van der Waals surface area contributed by atoms with E-state index in [1.807, 2.05) is 62.4 Å². The zero-order valence-corrected chi connectivity index (χ0v) is 17.9. The summed E-state index contributed by atoms with van der Waals surface area (Å²) in [5, 5.41) is 2.82. The van der Waals surface area contributed by atoms with E-state index in [9.17, 15) is 9.59 Å². The maximum atomic E-state index is 12.5. The first kappa shape index (κ1) is 22.5. The topological polar surface area (TPSA) is 80.4 Å². The summed E-state index contributed by atoms with van der Waals surface area (Å²) < 4.78 is 10.8. The minimum Gasteiger partial charge on any atom is -0.379 e. The van der Waals surface area contributed by atoms with Gasteiger partial charge in [-0.05, 0) is 48.7 Å². The van der Waals surface area contributed by atoms with Crippen molar-refractivity contribution in [3.05, 3.63) is 93.3 Å². The molecule has 0 bridgehead atoms. The molecule has 1 heterocycles. The quantitative estimate of drug-likeness (QED) is 0.489. The van der Waals surface area contributed by atoms with Gasteiger partial charge in [-0.3, -0.25) is 9.59 Å². The molecule has 31 heavy (non-hydrogen) atoms. The number of nitrogens with one attached hydrogen (secondary N) is 2. The first-order valence-corrected chi connectivity index (χ1v) is 10.4. The van der Waals surface area contributed by atoms with Crippen LogP contribution in [-0.2, 0) is 22.6 Å². The molecule has 0 radical (unpaired) electrons. The Labute approximate surface area is 182 Å². The summed E-state index contributed by atoms with van der Waals surface area (Å²) in [5.74, 6) is -0.407. The Balaban J connectivity index is 1.58. The van der Waals surface area contributed by atoms with E-state index in [4.69, 9.17) is 9.47 Å². The van der Waals surface area contributed by atoms with Crippen LogP contribution in [0.1, 0.15) is 34.0 Å². The van der Waals surface area contributed by atoms with Gasteiger partial charge in [0, 0.05) is 18.8 Å². The summed E-state index contributed by atoms with van der Waals surface area (Å²) in [6.07, 6.45) is 0. The van der Waals surface area contributed by atoms with Gasteiger partial charge in [-0.15, -0.1) is 0 Å². The number of aromatic nitrogens is 1. The van der Waals surface area contributed by atoms with E-state index >= 15 is 0 Å². The summed E-state index contributed by atoms with van der Waals surface area (Å²) >= 11 is 0. The predicted octanol–water partition coefficient (Wildman–Crippen LogP) is 3.83. The van der Waals surface area contributed by atoms with Crippen molar-refractivity contribution in [2.24, 2.45) is 0 Å². The highest BCUT2D eigenvalue weighted by Gasteiger charge is 2.11. The highest BCUT2D eigenvalue weighted by molar-refractivity contribution is 5.94. The van der Waals surface area contributed by atoms with E-state index < -0.39 is 11.5 Å². The normalized spacial score (nSPS) is 10.8. The van der Waals surface area contributed by atoms with Crippen LogP contribution < -0.4 is 10.9 Å². The van der Waals surface area contributed by atoms with Gasteiger partial charge in [0.1, 0.15) is 5.56 Å². The molecule has 0 saturated heterocycles. The van der Waals surface area contributed by atoms with E-state index in [0.717, 1.165) is 22.3 Å². The fraction of sp³-hybridized carbons (Fsp3) is 0.280. The summed E-state index contributed by atoms with van der Waals surface area (Å²) in [6.45, 7) is 6.53. The van der Waals surface area contributed by atoms with Gasteiger partial charge in [0.15, 0.2) is 0 Å². The van der Waals surface area contributed by atoms with E-state index in [-0.39, 0.29) is 5.56 Å². The molecule has 162 valence electrons. The number of benzene rings is 2. The Kier molecular flexibility index (Phi) is 8.15. The summed E-state index contributed by atoms with van der Waals surface area (Å²) in [5.41, 5.74) is 4.32. The zero-order chi connectivity index (χ0) is 22.1. The Hall–Kier alpha value is -3.22. The van der Waals surface area contributed by atoms with Gasteiger partial charge in [-0.25, -0.2) is 0 Å². The molecule has 0 aliphatic heterocycles. The monoisotopic (exact) mass is 420 g/mol. The van der Waals surface area contributed by atoms with Crippen molar-refractivity contribution in [1.82, 2.24) is 10.3 Å². The predicted molar refractivity (Wildman–Crippen MR) is 121 cm³/mol. The third-order valence-electron chi connectivity index (χ3n) is 4.77. The first-order chi connectivity index (χ1) is 15.1. The van der Waals surface area contributed by atoms with Gasteiger partial charge in [-0.1, -0.05) is 48.0 Å². The lowest BCUT2D eigenvalue weighted by atomic mass is 10.1. The SMILES string of the molecule is CCOCCOCc1cccc(CNC(=O)c2ccc(-c3cccc(C)c3)[nH]c2=O)c1. The van der Waals surface area contributed by atoms with Gasteiger partial charge < -0.3 is 19.8 Å². The highest BCUT2D eigenvalue weighted by Crippen LogP contribution is 2.17. The minimum absolute atomic E-state index is 0.0896. The Bertz CT molecular complexity index is 1070. The first-order valence-electron chi connectivity index (χ1n) is 10.4. The summed E-state index contributed by atoms with van der Waals surface area (Å²) in [7, 11) is 0. The van der Waals surface area contributed by atoms with Crippen LogP contribution in [0.25, 0.3) is 11.3 Å². The lowest BCUT2D eigenvalue weighted by Gasteiger charge is -2.09. The molecule has 3 rings (SSSR count). The maximum absolute atomic E-state index is 12.5. The van der Waals surface area contributed by atoms with Crippen molar-refractivity contribution in [3.63, 3.8) is 0 Å². The van der Waals surface area contributed by atoms with E-state index in [2.05, 4.69) is 10.3 Å². The van der Waals surface area contributed by atoms with Gasteiger partial charge in [0.05, 0.1) is 19.8 Å². The second-order valence-corrected chi connectivity index (χ2v) is 7.24. The van der Waals surface area contributed by atoms with Crippen molar-refractivity contribution >= 4 is 5.91 Å². The number of carbonyl (C=O) groups excluding carboxylic acids is 1. The fourth-order valence-corrected chi connectivity index (χ4v) is 3.19. The third-order valence-corrected chi connectivity index (χ3v) is 4.77. The number of ether oxygens (including phenoxy) is 2. The molecule has 0 fully saturated rings. The molecule has 0 aliphatic rings. The molecule has 0 unspecified atom stereocenters. The number of amides is 1. The Morgan fingerprint density at radius 3 is 2.52 bits per heavy atom. The lowest BCUT2D eigenvalue weighted by molar-refractivity contribution is 0.0453. The molecule has 0 spiro atoms. The van der Waals surface area contributed by atoms with E-state index in [1.165, 1.54) is 0 Å². The molecule has 3 aromatic rings. The minimum atomic E-state index is -0.409. The van der Waals surface area contributed by atoms with Crippen LogP contribution >= 0.6 is 0 Å². The van der Waals surface area contributed by atoms with Gasteiger partial charge in [0.2, 0.25) is 0 Å². The average molecular weight is 421 g/mol. The van der Waals surface area contributed by atoms with Crippen molar-refractivity contribution in [1.29, 1.82) is 0 Å². The van der Waals surface area contributed by atoms with Crippen molar-refractivity contribution in [2.45, 2.75) is 27.0 Å². The molecular formula is C25H28N2O4. The molecule has 6 nitrogen and oxygen atoms in total. The van der Waals surface area contributed by atoms with Gasteiger partial charge in [0.25, 0.3) is 11.5 Å². The maximum Gasteiger partial charge on any atom is 0.261 e. The lowest BCUT2D eigenvalue weighted by Crippen LogP contribution is -2.29. The zero-order valence-electron chi connectivity index (χ0n) is 17.9. The van der Waals surface area contributed by atoms with Crippen LogP contribution in [0.15, 0.2) is 65.5 Å². The van der Waals surface area contributed by atoms with Crippen molar-refractivity contribution < 1.29 is 14.3 Å². The molecule has 0 aliphatic carbocycles. The van der Waals surface area contributed by atoms with Gasteiger partial charge >= 0.3 is 0 Å². The fourth-order valence-electron chi connectivity index (χ4n) is 3.19. The van der Waals surface area contributed by atoms with Crippen LogP contribution in [-0.4, -0.2) is 30.7 Å². The molecule has 0 saturated carbocycles. The Morgan fingerprint density at radius 2 is 1.74 bits per heavy atom. The van der Waals surface area contributed by atoms with Crippen molar-refractivity contribution in [2.75, 3.05) is 19.8 Å². The van der Waals surface area contributed by atoms with Crippen LogP contribution in [0.4, 0.5) is 0 Å². The van der Waals surface area contributed by atoms with Crippen LogP contribution in [0, 0.1) is 6.92 Å². The number of rotatable bonds is 10. The molecule has 2 N–H and O–H groups in total. The number of aryl methyl sites for hydroxylation is 1. The van der Waals surface area contributed by atoms with E-state index in [1.54, 1.807) is 12.1 Å². The summed E-state index contributed by atoms with van der Waals surface area (Å²) in [4.78, 5) is 27.8.